The molecule has 0 radical (unpaired) electrons. The minimum Gasteiger partial charge on any atom is -0.542 e. The van der Waals surface area contributed by atoms with E-state index in [9.17, 15) is 0 Å². The predicted molar refractivity (Wildman–Crippen MR) is 116 cm³/mol. The average molecular weight is 590 g/mol. The summed E-state index contributed by atoms with van der Waals surface area (Å²) in [5.74, 6) is 2.40. The molecule has 23 heavy (non-hydrogen) atoms. The zero-order valence-corrected chi connectivity index (χ0v) is 21.2. The normalized spacial score (nSPS) is 18.1. The Morgan fingerprint density at radius 1 is 0.870 bits per heavy atom. The molecule has 132 valence electrons. The molecule has 3 atom stereocenters. The van der Waals surface area contributed by atoms with Crippen LogP contribution in [0.2, 0.25) is 16.6 Å². The highest BCUT2D eigenvalue weighted by atomic mass is 79.9. The van der Waals surface area contributed by atoms with Crippen LogP contribution in [0.5, 0.6) is 5.75 Å². The van der Waals surface area contributed by atoms with E-state index < -0.39 is 8.32 Å². The topological polar surface area (TPSA) is 9.23 Å². The van der Waals surface area contributed by atoms with Crippen LogP contribution >= 0.6 is 82.6 Å². The summed E-state index contributed by atoms with van der Waals surface area (Å²) >= 11 is 29.4. The monoisotopic (exact) mass is 586 g/mol. The van der Waals surface area contributed by atoms with E-state index >= 15 is 0 Å². The molecular formula is C15H20Br3Cl3OSi. The summed E-state index contributed by atoms with van der Waals surface area (Å²) in [6, 6.07) is 3.93. The second-order valence-electron chi connectivity index (χ2n) is 5.80. The highest BCUT2D eigenvalue weighted by Gasteiger charge is 2.51. The van der Waals surface area contributed by atoms with Crippen LogP contribution in [-0.2, 0) is 0 Å². The fraction of sp³-hybridized carbons (Fsp3) is 0.600. The summed E-state index contributed by atoms with van der Waals surface area (Å²) in [6.45, 7) is 6.44. The van der Waals surface area contributed by atoms with Gasteiger partial charge in [0.1, 0.15) is 5.75 Å². The second-order valence-corrected chi connectivity index (χ2v) is 14.0. The van der Waals surface area contributed by atoms with Gasteiger partial charge in [-0.1, -0.05) is 20.8 Å². The van der Waals surface area contributed by atoms with Crippen molar-refractivity contribution in [2.24, 2.45) is 0 Å². The first-order valence-electron chi connectivity index (χ1n) is 7.26. The Bertz CT molecular complexity index is 506. The van der Waals surface area contributed by atoms with Crippen molar-refractivity contribution in [3.63, 3.8) is 0 Å². The van der Waals surface area contributed by atoms with E-state index in [2.05, 4.69) is 68.6 Å². The molecule has 0 saturated carbocycles. The van der Waals surface area contributed by atoms with Gasteiger partial charge in [-0.05, 0) is 76.5 Å². The molecule has 1 aromatic rings. The maximum absolute atomic E-state index is 6.71. The van der Waals surface area contributed by atoms with Crippen molar-refractivity contribution in [3.05, 3.63) is 25.6 Å². The molecule has 1 rings (SSSR count). The molecule has 0 aliphatic rings. The van der Waals surface area contributed by atoms with Crippen molar-refractivity contribution in [2.75, 3.05) is 17.6 Å². The Kier molecular flexibility index (Phi) is 9.85. The highest BCUT2D eigenvalue weighted by molar-refractivity contribution is 9.14. The third kappa shape index (κ3) is 4.84. The van der Waals surface area contributed by atoms with E-state index in [4.69, 9.17) is 39.2 Å². The van der Waals surface area contributed by atoms with Crippen molar-refractivity contribution in [2.45, 2.75) is 37.4 Å². The standard InChI is InChI=1S/C15H20Br3Cl3OSi/c1-9(6-19)23(10(2)7-20,11(3)8-21)22-13-5-4-12(16)14(17)15(13)18/h4-5,9-11H,6-8H2,1-3H3. The van der Waals surface area contributed by atoms with Gasteiger partial charge in [0.05, 0.1) is 4.47 Å². The molecule has 0 aliphatic heterocycles. The van der Waals surface area contributed by atoms with E-state index in [1.54, 1.807) is 0 Å². The Labute approximate surface area is 180 Å². The average Bonchev–Trinajstić information content (AvgIpc) is 2.57. The van der Waals surface area contributed by atoms with Crippen LogP contribution in [0.1, 0.15) is 20.8 Å². The Hall–Kier alpha value is 1.55. The van der Waals surface area contributed by atoms with Gasteiger partial charge in [-0.15, -0.1) is 34.8 Å². The van der Waals surface area contributed by atoms with Gasteiger partial charge in [-0.2, -0.15) is 0 Å². The number of halogens is 6. The third-order valence-electron chi connectivity index (χ3n) is 4.29. The third-order valence-corrected chi connectivity index (χ3v) is 15.6. The summed E-state index contributed by atoms with van der Waals surface area (Å²) in [6.07, 6.45) is 0. The lowest BCUT2D eigenvalue weighted by molar-refractivity contribution is 0.479. The molecule has 0 amide bonds. The lowest BCUT2D eigenvalue weighted by atomic mass is 10.3. The minimum absolute atomic E-state index is 0.223. The molecule has 3 unspecified atom stereocenters. The fourth-order valence-electron chi connectivity index (χ4n) is 2.90. The van der Waals surface area contributed by atoms with Gasteiger partial charge >= 0.3 is 0 Å². The number of rotatable bonds is 8. The first-order chi connectivity index (χ1) is 10.8. The van der Waals surface area contributed by atoms with Crippen LogP contribution in [-0.4, -0.2) is 26.0 Å². The highest BCUT2D eigenvalue weighted by Crippen LogP contribution is 2.47. The van der Waals surface area contributed by atoms with Crippen LogP contribution < -0.4 is 4.43 Å². The summed E-state index contributed by atoms with van der Waals surface area (Å²) in [4.78, 5) is 0. The predicted octanol–water partition coefficient (Wildman–Crippen LogP) is 8.19. The molecule has 0 aromatic heterocycles. The largest absolute Gasteiger partial charge is 0.542 e. The summed E-state index contributed by atoms with van der Waals surface area (Å²) in [7, 11) is -2.38. The summed E-state index contributed by atoms with van der Waals surface area (Å²) < 4.78 is 9.49. The molecule has 0 heterocycles. The van der Waals surface area contributed by atoms with Crippen LogP contribution in [0.3, 0.4) is 0 Å². The number of hydrogen-bond donors (Lipinski definition) is 0. The van der Waals surface area contributed by atoms with Crippen molar-refractivity contribution in [1.82, 2.24) is 0 Å². The van der Waals surface area contributed by atoms with Crippen molar-refractivity contribution in [3.8, 4) is 5.75 Å². The maximum atomic E-state index is 6.71. The van der Waals surface area contributed by atoms with Crippen LogP contribution in [0.15, 0.2) is 25.6 Å². The van der Waals surface area contributed by atoms with Gasteiger partial charge in [0, 0.05) is 26.6 Å². The molecule has 0 N–H and O–H groups in total. The molecule has 0 saturated heterocycles. The van der Waals surface area contributed by atoms with Gasteiger partial charge in [0.2, 0.25) is 0 Å². The molecule has 1 nitrogen and oxygen atoms in total. The lowest BCUT2D eigenvalue weighted by Gasteiger charge is -2.44. The van der Waals surface area contributed by atoms with E-state index in [0.29, 0.717) is 17.6 Å². The van der Waals surface area contributed by atoms with Crippen molar-refractivity contribution < 1.29 is 4.43 Å². The number of benzene rings is 1. The SMILES string of the molecule is CC(CCl)[Si](Oc1ccc(Br)c(Br)c1Br)(C(C)CCl)C(C)CCl. The van der Waals surface area contributed by atoms with E-state index in [-0.39, 0.29) is 16.6 Å². The lowest BCUT2D eigenvalue weighted by Crippen LogP contribution is -2.54. The van der Waals surface area contributed by atoms with Crippen LogP contribution in [0.25, 0.3) is 0 Å². The second kappa shape index (κ2) is 10.0. The zero-order valence-electron chi connectivity index (χ0n) is 13.2. The van der Waals surface area contributed by atoms with Gasteiger partial charge < -0.3 is 4.43 Å². The van der Waals surface area contributed by atoms with E-state index in [1.165, 1.54) is 0 Å². The fourth-order valence-corrected chi connectivity index (χ4v) is 11.4. The Morgan fingerprint density at radius 2 is 1.30 bits per heavy atom. The Morgan fingerprint density at radius 3 is 1.70 bits per heavy atom. The van der Waals surface area contributed by atoms with Gasteiger partial charge in [0.15, 0.2) is 0 Å². The number of alkyl halides is 3. The summed E-state index contributed by atoms with van der Waals surface area (Å²) in [5, 5.41) is 0. The number of hydrogen-bond acceptors (Lipinski definition) is 1. The molecule has 1 aromatic carbocycles. The van der Waals surface area contributed by atoms with Gasteiger partial charge in [-0.25, -0.2) is 0 Å². The summed E-state index contributed by atoms with van der Waals surface area (Å²) in [5.41, 5.74) is 0.669. The van der Waals surface area contributed by atoms with Gasteiger partial charge in [-0.3, -0.25) is 0 Å². The van der Waals surface area contributed by atoms with Gasteiger partial charge in [0.25, 0.3) is 8.32 Å². The minimum atomic E-state index is -2.38. The smallest absolute Gasteiger partial charge is 0.263 e. The molecular weight excluding hydrogens is 570 g/mol. The molecule has 0 aliphatic carbocycles. The first-order valence-corrected chi connectivity index (χ1v) is 13.4. The van der Waals surface area contributed by atoms with E-state index in [0.717, 1.165) is 19.2 Å². The van der Waals surface area contributed by atoms with E-state index in [1.807, 2.05) is 12.1 Å². The molecule has 0 bridgehead atoms. The van der Waals surface area contributed by atoms with Crippen molar-refractivity contribution in [1.29, 1.82) is 0 Å². The zero-order chi connectivity index (χ0) is 17.8. The van der Waals surface area contributed by atoms with Crippen LogP contribution in [0, 0.1) is 0 Å². The first kappa shape index (κ1) is 22.6. The molecule has 0 spiro atoms. The maximum Gasteiger partial charge on any atom is 0.263 e. The quantitative estimate of drug-likeness (QED) is 0.169. The van der Waals surface area contributed by atoms with Crippen molar-refractivity contribution >= 4 is 90.9 Å². The molecule has 0 fully saturated rings. The Balaban J connectivity index is 3.43. The molecule has 8 heteroatoms. The van der Waals surface area contributed by atoms with Crippen LogP contribution in [0.4, 0.5) is 0 Å².